The van der Waals surface area contributed by atoms with Gasteiger partial charge in [0.05, 0.1) is 0 Å². The summed E-state index contributed by atoms with van der Waals surface area (Å²) >= 11 is 0. The normalized spacial score (nSPS) is 10.7. The van der Waals surface area contributed by atoms with Crippen LogP contribution in [0.1, 0.15) is 20.8 Å². The van der Waals surface area contributed by atoms with Crippen LogP contribution >= 0.6 is 0 Å². The zero-order valence-electron chi connectivity index (χ0n) is 7.84. The van der Waals surface area contributed by atoms with Gasteiger partial charge in [-0.1, -0.05) is 20.8 Å². The maximum absolute atomic E-state index is 11.2. The van der Waals surface area contributed by atoms with Crippen molar-refractivity contribution in [1.29, 1.82) is 0 Å². The molecule has 0 aliphatic heterocycles. The van der Waals surface area contributed by atoms with E-state index in [4.69, 9.17) is 5.73 Å². The Balaban J connectivity index is 4.11. The van der Waals surface area contributed by atoms with Crippen LogP contribution in [0.25, 0.3) is 0 Å². The zero-order valence-corrected chi connectivity index (χ0v) is 7.84. The van der Waals surface area contributed by atoms with Crippen LogP contribution in [-0.2, 0) is 4.79 Å². The molecule has 0 aromatic carbocycles. The van der Waals surface area contributed by atoms with Crippen LogP contribution < -0.4 is 11.2 Å². The number of urea groups is 1. The van der Waals surface area contributed by atoms with Gasteiger partial charge < -0.3 is 5.73 Å². The van der Waals surface area contributed by atoms with Crippen molar-refractivity contribution in [1.82, 2.24) is 10.4 Å². The Hall–Kier alpha value is -1.26. The highest BCUT2D eigenvalue weighted by Crippen LogP contribution is 2.12. The first-order valence-electron chi connectivity index (χ1n) is 3.59. The smallest absolute Gasteiger partial charge is 0.333 e. The minimum absolute atomic E-state index is 0.246. The molecule has 3 N–H and O–H groups in total. The fourth-order valence-corrected chi connectivity index (χ4v) is 0.375. The molecule has 5 heteroatoms. The zero-order chi connectivity index (χ0) is 9.94. The Morgan fingerprint density at radius 3 is 2.00 bits per heavy atom. The Morgan fingerprint density at radius 2 is 1.75 bits per heavy atom. The van der Waals surface area contributed by atoms with Gasteiger partial charge in [-0.05, 0) is 0 Å². The summed E-state index contributed by atoms with van der Waals surface area (Å²) in [6.07, 6.45) is 0. The van der Waals surface area contributed by atoms with Crippen molar-refractivity contribution in [3.8, 4) is 0 Å². The topological polar surface area (TPSA) is 75.4 Å². The second-order valence-electron chi connectivity index (χ2n) is 3.59. The molecule has 0 aromatic heterocycles. The predicted molar refractivity (Wildman–Crippen MR) is 44.9 cm³/mol. The number of hydrazine groups is 1. The highest BCUT2D eigenvalue weighted by Gasteiger charge is 2.22. The molecule has 0 saturated carbocycles. The molecule has 0 heterocycles. The van der Waals surface area contributed by atoms with Crippen LogP contribution in [0.2, 0.25) is 0 Å². The lowest BCUT2D eigenvalue weighted by Gasteiger charge is -2.22. The third-order valence-electron chi connectivity index (χ3n) is 1.28. The molecule has 0 spiro atoms. The molecule has 0 rings (SSSR count). The first-order valence-corrected chi connectivity index (χ1v) is 3.59. The summed E-state index contributed by atoms with van der Waals surface area (Å²) in [6, 6.07) is -0.687. The molecule has 3 amide bonds. The number of primary amides is 1. The van der Waals surface area contributed by atoms with Crippen molar-refractivity contribution in [2.45, 2.75) is 20.8 Å². The van der Waals surface area contributed by atoms with Crippen molar-refractivity contribution in [2.75, 3.05) is 7.05 Å². The summed E-state index contributed by atoms with van der Waals surface area (Å²) < 4.78 is 0. The van der Waals surface area contributed by atoms with E-state index in [1.807, 2.05) is 0 Å². The highest BCUT2D eigenvalue weighted by molar-refractivity contribution is 5.83. The summed E-state index contributed by atoms with van der Waals surface area (Å²) in [6.45, 7) is 5.24. The molecule has 0 saturated heterocycles. The number of carbonyl (C=O) groups is 2. The summed E-state index contributed by atoms with van der Waals surface area (Å²) in [7, 11) is 1.39. The van der Waals surface area contributed by atoms with E-state index in [1.165, 1.54) is 7.05 Å². The molecule has 5 nitrogen and oxygen atoms in total. The molecule has 0 atom stereocenters. The van der Waals surface area contributed by atoms with Gasteiger partial charge in [0.1, 0.15) is 0 Å². The third-order valence-corrected chi connectivity index (χ3v) is 1.28. The Labute approximate surface area is 71.9 Å². The number of carbonyl (C=O) groups excluding carboxylic acids is 2. The van der Waals surface area contributed by atoms with Gasteiger partial charge in [0.15, 0.2) is 0 Å². The molecule has 0 radical (unpaired) electrons. The number of nitrogens with two attached hydrogens (primary N) is 1. The van der Waals surface area contributed by atoms with Gasteiger partial charge in [-0.3, -0.25) is 10.2 Å². The van der Waals surface area contributed by atoms with Crippen molar-refractivity contribution < 1.29 is 9.59 Å². The summed E-state index contributed by atoms with van der Waals surface area (Å²) in [5.41, 5.74) is 6.71. The van der Waals surface area contributed by atoms with Crippen molar-refractivity contribution in [3.05, 3.63) is 0 Å². The van der Waals surface area contributed by atoms with Gasteiger partial charge in [-0.25, -0.2) is 9.80 Å². The van der Waals surface area contributed by atoms with Crippen LogP contribution in [0.15, 0.2) is 0 Å². The Bertz CT molecular complexity index is 195. The third kappa shape index (κ3) is 3.23. The maximum atomic E-state index is 11.2. The van der Waals surface area contributed by atoms with E-state index < -0.39 is 11.4 Å². The molecule has 12 heavy (non-hydrogen) atoms. The monoisotopic (exact) mass is 173 g/mol. The standard InChI is InChI=1S/C7H15N3O2/c1-7(2,3)5(11)9-10(4)6(8)12/h1-4H3,(H2,8,12)(H,9,11). The van der Waals surface area contributed by atoms with Gasteiger partial charge in [0.2, 0.25) is 5.91 Å². The molecule has 0 aromatic rings. The van der Waals surface area contributed by atoms with E-state index >= 15 is 0 Å². The molecular formula is C7H15N3O2. The van der Waals surface area contributed by atoms with E-state index in [-0.39, 0.29) is 5.91 Å². The average molecular weight is 173 g/mol. The largest absolute Gasteiger partial charge is 0.350 e. The van der Waals surface area contributed by atoms with Gasteiger partial charge >= 0.3 is 6.03 Å². The van der Waals surface area contributed by atoms with E-state index in [9.17, 15) is 9.59 Å². The molecule has 0 aliphatic rings. The molecule has 0 unspecified atom stereocenters. The number of amides is 3. The van der Waals surface area contributed by atoms with Crippen LogP contribution in [0.5, 0.6) is 0 Å². The molecule has 70 valence electrons. The lowest BCUT2D eigenvalue weighted by atomic mass is 9.96. The molecule has 0 fully saturated rings. The number of rotatable bonds is 0. The van der Waals surface area contributed by atoms with Crippen molar-refractivity contribution >= 4 is 11.9 Å². The fraction of sp³-hybridized carbons (Fsp3) is 0.714. The first-order chi connectivity index (χ1) is 5.25. The highest BCUT2D eigenvalue weighted by atomic mass is 16.2. The SMILES string of the molecule is CN(NC(=O)C(C)(C)C)C(N)=O. The van der Waals surface area contributed by atoms with Crippen LogP contribution in [-0.4, -0.2) is 24.0 Å². The maximum Gasteiger partial charge on any atom is 0.333 e. The van der Waals surface area contributed by atoms with Gasteiger partial charge in [0, 0.05) is 12.5 Å². The van der Waals surface area contributed by atoms with Gasteiger partial charge in [-0.15, -0.1) is 0 Å². The number of hydrogen-bond donors (Lipinski definition) is 2. The quantitative estimate of drug-likeness (QED) is 0.509. The summed E-state index contributed by atoms with van der Waals surface area (Å²) in [5, 5.41) is 0.952. The molecule has 0 bridgehead atoms. The molecule has 0 aliphatic carbocycles. The summed E-state index contributed by atoms with van der Waals surface area (Å²) in [5.74, 6) is -0.246. The lowest BCUT2D eigenvalue weighted by molar-refractivity contribution is -0.131. The number of nitrogens with one attached hydrogen (secondary N) is 1. The average Bonchev–Trinajstić information content (AvgIpc) is 1.85. The minimum Gasteiger partial charge on any atom is -0.350 e. The number of hydrogen-bond acceptors (Lipinski definition) is 2. The van der Waals surface area contributed by atoms with Crippen LogP contribution in [0.3, 0.4) is 0 Å². The van der Waals surface area contributed by atoms with Gasteiger partial charge in [-0.2, -0.15) is 0 Å². The van der Waals surface area contributed by atoms with Crippen molar-refractivity contribution in [3.63, 3.8) is 0 Å². The van der Waals surface area contributed by atoms with E-state index in [0.29, 0.717) is 0 Å². The lowest BCUT2D eigenvalue weighted by Crippen LogP contribution is -2.49. The predicted octanol–water partition coefficient (Wildman–Crippen LogP) is 0.0742. The van der Waals surface area contributed by atoms with E-state index in [1.54, 1.807) is 20.8 Å². The van der Waals surface area contributed by atoms with E-state index in [0.717, 1.165) is 5.01 Å². The van der Waals surface area contributed by atoms with Crippen LogP contribution in [0.4, 0.5) is 4.79 Å². The molecular weight excluding hydrogens is 158 g/mol. The van der Waals surface area contributed by atoms with Crippen molar-refractivity contribution in [2.24, 2.45) is 11.1 Å². The number of nitrogens with zero attached hydrogens (tertiary/aromatic N) is 1. The summed E-state index contributed by atoms with van der Waals surface area (Å²) in [4.78, 5) is 21.7. The first kappa shape index (κ1) is 10.7. The Morgan fingerprint density at radius 1 is 1.33 bits per heavy atom. The minimum atomic E-state index is -0.687. The Kier molecular flexibility index (Phi) is 3.06. The van der Waals surface area contributed by atoms with E-state index in [2.05, 4.69) is 5.43 Å². The van der Waals surface area contributed by atoms with Gasteiger partial charge in [0.25, 0.3) is 0 Å². The second kappa shape index (κ2) is 3.42. The second-order valence-corrected chi connectivity index (χ2v) is 3.59. The van der Waals surface area contributed by atoms with Crippen LogP contribution in [0, 0.1) is 5.41 Å². The fourth-order valence-electron chi connectivity index (χ4n) is 0.375.